The minimum absolute atomic E-state index is 0.00193. The maximum Gasteiger partial charge on any atom is 0.0643 e. The van der Waals surface area contributed by atoms with Crippen LogP contribution >= 0.6 is 22.6 Å². The Hall–Kier alpha value is -0.880. The Morgan fingerprint density at radius 3 is 2.80 bits per heavy atom. The quantitative estimate of drug-likeness (QED) is 0.793. The fourth-order valence-corrected chi connectivity index (χ4v) is 2.97. The molecule has 0 saturated heterocycles. The van der Waals surface area contributed by atoms with Crippen LogP contribution in [-0.4, -0.2) is 9.78 Å². The summed E-state index contributed by atoms with van der Waals surface area (Å²) < 4.78 is 3.29. The molecule has 1 aromatic heterocycles. The highest BCUT2D eigenvalue weighted by molar-refractivity contribution is 14.1. The van der Waals surface area contributed by atoms with Gasteiger partial charge in [-0.05, 0) is 60.1 Å². The number of hydrogen-bond acceptors (Lipinski definition) is 2. The number of benzene rings is 1. The molecule has 20 heavy (non-hydrogen) atoms. The van der Waals surface area contributed by atoms with E-state index in [1.807, 2.05) is 4.68 Å². The van der Waals surface area contributed by atoms with Crippen molar-refractivity contribution in [2.24, 2.45) is 5.73 Å². The molecule has 1 aromatic carbocycles. The minimum atomic E-state index is 0.00193. The molecule has 0 fully saturated rings. The fraction of sp³-hybridized carbons (Fsp3) is 0.438. The molecule has 3 nitrogen and oxygen atoms in total. The van der Waals surface area contributed by atoms with Crippen molar-refractivity contribution in [3.8, 4) is 0 Å². The highest BCUT2D eigenvalue weighted by Crippen LogP contribution is 2.24. The third-order valence-electron chi connectivity index (χ3n) is 3.76. The molecule has 0 bridgehead atoms. The highest BCUT2D eigenvalue weighted by Gasteiger charge is 2.14. The Kier molecular flexibility index (Phi) is 5.21. The van der Waals surface area contributed by atoms with Gasteiger partial charge in [0.2, 0.25) is 0 Å². The summed E-state index contributed by atoms with van der Waals surface area (Å²) in [5.41, 5.74) is 9.92. The summed E-state index contributed by atoms with van der Waals surface area (Å²) in [7, 11) is 0. The first-order valence-corrected chi connectivity index (χ1v) is 8.15. The van der Waals surface area contributed by atoms with E-state index in [9.17, 15) is 0 Å². The summed E-state index contributed by atoms with van der Waals surface area (Å²) >= 11 is 2.38. The molecule has 0 radical (unpaired) electrons. The Morgan fingerprint density at radius 1 is 1.35 bits per heavy atom. The maximum atomic E-state index is 6.36. The molecule has 0 spiro atoms. The molecule has 0 aliphatic rings. The number of aromatic nitrogens is 2. The second kappa shape index (κ2) is 6.72. The zero-order valence-electron chi connectivity index (χ0n) is 12.3. The van der Waals surface area contributed by atoms with Gasteiger partial charge in [0.05, 0.1) is 5.69 Å². The number of rotatable bonds is 5. The van der Waals surface area contributed by atoms with Gasteiger partial charge in [-0.25, -0.2) is 0 Å². The van der Waals surface area contributed by atoms with Gasteiger partial charge < -0.3 is 5.73 Å². The van der Waals surface area contributed by atoms with Crippen molar-refractivity contribution in [1.82, 2.24) is 9.78 Å². The number of nitrogens with two attached hydrogens (primary N) is 1. The normalized spacial score (nSPS) is 14.2. The van der Waals surface area contributed by atoms with Crippen LogP contribution in [-0.2, 0) is 6.42 Å². The van der Waals surface area contributed by atoms with Crippen LogP contribution in [0.2, 0.25) is 0 Å². The van der Waals surface area contributed by atoms with Gasteiger partial charge in [0.15, 0.2) is 0 Å². The molecular formula is C16H22IN3. The van der Waals surface area contributed by atoms with Crippen LogP contribution in [0.25, 0.3) is 0 Å². The van der Waals surface area contributed by atoms with Crippen molar-refractivity contribution in [3.05, 3.63) is 50.9 Å². The van der Waals surface area contributed by atoms with Gasteiger partial charge in [-0.1, -0.05) is 25.1 Å². The molecule has 1 heterocycles. The smallest absolute Gasteiger partial charge is 0.0643 e. The first-order chi connectivity index (χ1) is 9.52. The lowest BCUT2D eigenvalue weighted by molar-refractivity contribution is 0.472. The van der Waals surface area contributed by atoms with Crippen molar-refractivity contribution >= 4 is 22.6 Å². The van der Waals surface area contributed by atoms with Gasteiger partial charge in [0.25, 0.3) is 0 Å². The van der Waals surface area contributed by atoms with Crippen LogP contribution in [0.5, 0.6) is 0 Å². The molecule has 2 rings (SSSR count). The van der Waals surface area contributed by atoms with Crippen molar-refractivity contribution < 1.29 is 0 Å². The third kappa shape index (κ3) is 3.41. The topological polar surface area (TPSA) is 43.8 Å². The molecule has 2 aromatic rings. The second-order valence-corrected chi connectivity index (χ2v) is 6.41. The van der Waals surface area contributed by atoms with E-state index >= 15 is 0 Å². The predicted octanol–water partition coefficient (Wildman–Crippen LogP) is 4.01. The van der Waals surface area contributed by atoms with E-state index in [0.717, 1.165) is 18.5 Å². The number of nitrogens with zero attached hydrogens (tertiary/aromatic N) is 2. The highest BCUT2D eigenvalue weighted by atomic mass is 127. The lowest BCUT2D eigenvalue weighted by Gasteiger charge is -2.14. The van der Waals surface area contributed by atoms with E-state index in [2.05, 4.69) is 78.9 Å². The molecule has 2 unspecified atom stereocenters. The Bertz CT molecular complexity index is 577. The largest absolute Gasteiger partial charge is 0.324 e. The molecule has 0 amide bonds. The molecule has 4 heteroatoms. The summed E-state index contributed by atoms with van der Waals surface area (Å²) in [6.45, 7) is 6.47. The van der Waals surface area contributed by atoms with E-state index in [1.54, 1.807) is 0 Å². The zero-order chi connectivity index (χ0) is 14.7. The van der Waals surface area contributed by atoms with Crippen molar-refractivity contribution in [3.63, 3.8) is 0 Å². The first kappa shape index (κ1) is 15.5. The number of aryl methyl sites for hydroxylation is 1. The van der Waals surface area contributed by atoms with E-state index in [1.165, 1.54) is 14.7 Å². The van der Waals surface area contributed by atoms with Crippen molar-refractivity contribution in [2.45, 2.75) is 45.7 Å². The second-order valence-electron chi connectivity index (χ2n) is 5.33. The van der Waals surface area contributed by atoms with Crippen LogP contribution < -0.4 is 5.73 Å². The summed E-state index contributed by atoms with van der Waals surface area (Å²) in [6, 6.07) is 8.83. The molecule has 108 valence electrons. The van der Waals surface area contributed by atoms with Gasteiger partial charge in [-0.2, -0.15) is 5.10 Å². The molecule has 0 aliphatic heterocycles. The standard InChI is InChI=1S/C16H22IN3/c1-4-12(3)20-9-8-13(19-20)10-15(18)14-7-5-6-11(2)16(14)17/h5-9,12,15H,4,10,18H2,1-3H3. The van der Waals surface area contributed by atoms with Crippen molar-refractivity contribution in [2.75, 3.05) is 0 Å². The molecule has 0 saturated carbocycles. The summed E-state index contributed by atoms with van der Waals surface area (Å²) in [4.78, 5) is 0. The van der Waals surface area contributed by atoms with Crippen molar-refractivity contribution in [1.29, 1.82) is 0 Å². The Morgan fingerprint density at radius 2 is 2.10 bits per heavy atom. The minimum Gasteiger partial charge on any atom is -0.324 e. The van der Waals surface area contributed by atoms with E-state index < -0.39 is 0 Å². The average molecular weight is 383 g/mol. The van der Waals surface area contributed by atoms with Gasteiger partial charge in [0, 0.05) is 28.3 Å². The van der Waals surface area contributed by atoms with Crippen LogP contribution in [0.15, 0.2) is 30.5 Å². The fourth-order valence-electron chi connectivity index (χ4n) is 2.21. The SMILES string of the molecule is CCC(C)n1ccc(CC(N)c2cccc(C)c2I)n1. The molecular weight excluding hydrogens is 361 g/mol. The monoisotopic (exact) mass is 383 g/mol. The summed E-state index contributed by atoms with van der Waals surface area (Å²) in [6.07, 6.45) is 3.92. The number of halogens is 1. The van der Waals surface area contributed by atoms with Gasteiger partial charge in [-0.3, -0.25) is 4.68 Å². The Balaban J connectivity index is 2.13. The van der Waals surface area contributed by atoms with Gasteiger partial charge in [0.1, 0.15) is 0 Å². The Labute approximate surface area is 134 Å². The average Bonchev–Trinajstić information content (AvgIpc) is 2.89. The lowest BCUT2D eigenvalue weighted by Crippen LogP contribution is -2.16. The van der Waals surface area contributed by atoms with E-state index in [4.69, 9.17) is 5.73 Å². The van der Waals surface area contributed by atoms with E-state index in [0.29, 0.717) is 6.04 Å². The first-order valence-electron chi connectivity index (χ1n) is 7.07. The molecule has 0 aliphatic carbocycles. The molecule has 2 atom stereocenters. The van der Waals surface area contributed by atoms with Crippen LogP contribution in [0.4, 0.5) is 0 Å². The molecule has 2 N–H and O–H groups in total. The summed E-state index contributed by atoms with van der Waals surface area (Å²) in [5.74, 6) is 0. The van der Waals surface area contributed by atoms with Crippen LogP contribution in [0, 0.1) is 10.5 Å². The predicted molar refractivity (Wildman–Crippen MR) is 91.8 cm³/mol. The third-order valence-corrected chi connectivity index (χ3v) is 5.23. The van der Waals surface area contributed by atoms with Gasteiger partial charge in [-0.15, -0.1) is 0 Å². The lowest BCUT2D eigenvalue weighted by atomic mass is 10.0. The van der Waals surface area contributed by atoms with E-state index in [-0.39, 0.29) is 6.04 Å². The van der Waals surface area contributed by atoms with Crippen LogP contribution in [0.1, 0.15) is 49.2 Å². The van der Waals surface area contributed by atoms with Gasteiger partial charge >= 0.3 is 0 Å². The zero-order valence-corrected chi connectivity index (χ0v) is 14.5. The van der Waals surface area contributed by atoms with Crippen LogP contribution in [0.3, 0.4) is 0 Å². The maximum absolute atomic E-state index is 6.36. The number of hydrogen-bond donors (Lipinski definition) is 1. The summed E-state index contributed by atoms with van der Waals surface area (Å²) in [5, 5.41) is 4.63.